The number of nitrogens with one attached hydrogen (secondary N) is 2. The lowest BCUT2D eigenvalue weighted by molar-refractivity contribution is -0.125. The first kappa shape index (κ1) is 10.8. The Balaban J connectivity index is 1.76. The summed E-state index contributed by atoms with van der Waals surface area (Å²) in [6.07, 6.45) is 3.44. The first-order valence-corrected chi connectivity index (χ1v) is 6.49. The van der Waals surface area contributed by atoms with Gasteiger partial charge < -0.3 is 10.6 Å². The molecule has 0 aromatic carbocycles. The minimum Gasteiger partial charge on any atom is -0.354 e. The Hall–Kier alpha value is -0.710. The van der Waals surface area contributed by atoms with E-state index in [1.54, 1.807) is 11.8 Å². The van der Waals surface area contributed by atoms with E-state index >= 15 is 0 Å². The molecule has 2 aliphatic rings. The Bertz CT molecular complexity index is 254. The largest absolute Gasteiger partial charge is 0.354 e. The van der Waals surface area contributed by atoms with E-state index in [-0.39, 0.29) is 23.1 Å². The molecule has 2 N–H and O–H groups in total. The third-order valence-corrected chi connectivity index (χ3v) is 4.21. The van der Waals surface area contributed by atoms with Gasteiger partial charge in [0.05, 0.1) is 5.25 Å². The van der Waals surface area contributed by atoms with Crippen molar-refractivity contribution < 1.29 is 9.59 Å². The zero-order valence-electron chi connectivity index (χ0n) is 8.62. The smallest absolute Gasteiger partial charge is 0.233 e. The van der Waals surface area contributed by atoms with Crippen molar-refractivity contribution >= 4 is 23.6 Å². The monoisotopic (exact) mass is 228 g/mol. The third kappa shape index (κ3) is 2.87. The van der Waals surface area contributed by atoms with Gasteiger partial charge in [-0.2, -0.15) is 0 Å². The minimum atomic E-state index is 0.0933. The van der Waals surface area contributed by atoms with E-state index in [9.17, 15) is 9.59 Å². The van der Waals surface area contributed by atoms with E-state index in [0.29, 0.717) is 13.0 Å². The zero-order chi connectivity index (χ0) is 10.7. The van der Waals surface area contributed by atoms with Crippen LogP contribution < -0.4 is 10.6 Å². The molecule has 2 aliphatic heterocycles. The molecule has 4 nitrogen and oxygen atoms in total. The lowest BCUT2D eigenvalue weighted by Gasteiger charge is -2.24. The van der Waals surface area contributed by atoms with Crippen LogP contribution in [-0.4, -0.2) is 35.4 Å². The number of amides is 2. The molecular weight excluding hydrogens is 212 g/mol. The molecule has 2 rings (SSSR count). The van der Waals surface area contributed by atoms with E-state index in [0.717, 1.165) is 25.0 Å². The van der Waals surface area contributed by atoms with Crippen LogP contribution in [0.15, 0.2) is 0 Å². The molecule has 2 unspecified atom stereocenters. The SMILES string of the molecule is O=C1CCC(NC(=O)C2CCCS2)CN1. The average Bonchev–Trinajstić information content (AvgIpc) is 2.74. The lowest BCUT2D eigenvalue weighted by atomic mass is 10.1. The van der Waals surface area contributed by atoms with Crippen LogP contribution in [0.1, 0.15) is 25.7 Å². The fraction of sp³-hybridized carbons (Fsp3) is 0.800. The Labute approximate surface area is 93.6 Å². The van der Waals surface area contributed by atoms with Crippen LogP contribution >= 0.6 is 11.8 Å². The van der Waals surface area contributed by atoms with Gasteiger partial charge in [0.1, 0.15) is 0 Å². The number of carbonyl (C=O) groups is 2. The lowest BCUT2D eigenvalue weighted by Crippen LogP contribution is -2.49. The van der Waals surface area contributed by atoms with Gasteiger partial charge in [0.25, 0.3) is 0 Å². The van der Waals surface area contributed by atoms with Crippen LogP contribution in [0.2, 0.25) is 0 Å². The van der Waals surface area contributed by atoms with Gasteiger partial charge in [0.15, 0.2) is 0 Å². The summed E-state index contributed by atoms with van der Waals surface area (Å²) < 4.78 is 0. The summed E-state index contributed by atoms with van der Waals surface area (Å²) in [5.41, 5.74) is 0. The molecule has 15 heavy (non-hydrogen) atoms. The number of hydrogen-bond acceptors (Lipinski definition) is 3. The quantitative estimate of drug-likeness (QED) is 0.713. The van der Waals surface area contributed by atoms with Gasteiger partial charge in [-0.15, -0.1) is 11.8 Å². The maximum Gasteiger partial charge on any atom is 0.233 e. The van der Waals surface area contributed by atoms with Gasteiger partial charge in [-0.1, -0.05) is 0 Å². The summed E-state index contributed by atoms with van der Waals surface area (Å²) in [6.45, 7) is 0.585. The number of piperidine rings is 1. The molecule has 0 aromatic rings. The molecule has 2 atom stereocenters. The molecule has 2 saturated heterocycles. The van der Waals surface area contributed by atoms with Crippen molar-refractivity contribution in [2.24, 2.45) is 0 Å². The maximum absolute atomic E-state index is 11.8. The van der Waals surface area contributed by atoms with Gasteiger partial charge in [-0.25, -0.2) is 0 Å². The van der Waals surface area contributed by atoms with E-state index in [1.807, 2.05) is 0 Å². The fourth-order valence-electron chi connectivity index (χ4n) is 1.93. The molecule has 0 spiro atoms. The van der Waals surface area contributed by atoms with Gasteiger partial charge in [0.2, 0.25) is 11.8 Å². The zero-order valence-corrected chi connectivity index (χ0v) is 9.44. The van der Waals surface area contributed by atoms with Crippen LogP contribution in [0, 0.1) is 0 Å². The Morgan fingerprint density at radius 1 is 1.47 bits per heavy atom. The second-order valence-electron chi connectivity index (χ2n) is 4.05. The van der Waals surface area contributed by atoms with Gasteiger partial charge in [-0.3, -0.25) is 9.59 Å². The number of hydrogen-bond donors (Lipinski definition) is 2. The number of rotatable bonds is 2. The molecule has 2 fully saturated rings. The number of thioether (sulfide) groups is 1. The highest BCUT2D eigenvalue weighted by Gasteiger charge is 2.26. The Kier molecular flexibility index (Phi) is 3.51. The summed E-state index contributed by atoms with van der Waals surface area (Å²) in [7, 11) is 0. The van der Waals surface area contributed by atoms with E-state index < -0.39 is 0 Å². The Morgan fingerprint density at radius 2 is 2.33 bits per heavy atom. The van der Waals surface area contributed by atoms with Crippen molar-refractivity contribution in [1.29, 1.82) is 0 Å². The first-order valence-electron chi connectivity index (χ1n) is 5.44. The molecule has 0 aromatic heterocycles. The van der Waals surface area contributed by atoms with Gasteiger partial charge in [-0.05, 0) is 25.0 Å². The summed E-state index contributed by atoms with van der Waals surface area (Å²) in [5, 5.41) is 5.92. The third-order valence-electron chi connectivity index (χ3n) is 2.83. The molecule has 2 amide bonds. The predicted octanol–water partition coefficient (Wildman–Crippen LogP) is 0.277. The normalized spacial score (nSPS) is 31.1. The topological polar surface area (TPSA) is 58.2 Å². The highest BCUT2D eigenvalue weighted by Crippen LogP contribution is 2.26. The Morgan fingerprint density at radius 3 is 2.93 bits per heavy atom. The molecule has 84 valence electrons. The van der Waals surface area contributed by atoms with Crippen LogP contribution in [0.3, 0.4) is 0 Å². The molecule has 2 heterocycles. The second-order valence-corrected chi connectivity index (χ2v) is 5.36. The van der Waals surface area contributed by atoms with Gasteiger partial charge >= 0.3 is 0 Å². The van der Waals surface area contributed by atoms with Crippen molar-refractivity contribution in [1.82, 2.24) is 10.6 Å². The van der Waals surface area contributed by atoms with Crippen LogP contribution in [0.4, 0.5) is 0 Å². The highest BCUT2D eigenvalue weighted by atomic mass is 32.2. The van der Waals surface area contributed by atoms with E-state index in [2.05, 4.69) is 10.6 Å². The van der Waals surface area contributed by atoms with Crippen molar-refractivity contribution in [2.45, 2.75) is 37.0 Å². The molecule has 0 radical (unpaired) electrons. The van der Waals surface area contributed by atoms with Gasteiger partial charge in [0, 0.05) is 19.0 Å². The van der Waals surface area contributed by atoms with E-state index in [1.165, 1.54) is 0 Å². The minimum absolute atomic E-state index is 0.0933. The second kappa shape index (κ2) is 4.88. The average molecular weight is 228 g/mol. The van der Waals surface area contributed by atoms with Crippen LogP contribution in [-0.2, 0) is 9.59 Å². The van der Waals surface area contributed by atoms with Crippen molar-refractivity contribution in [2.75, 3.05) is 12.3 Å². The van der Waals surface area contributed by atoms with Crippen molar-refractivity contribution in [3.63, 3.8) is 0 Å². The summed E-state index contributed by atoms with van der Waals surface area (Å²) in [6, 6.07) is 0.136. The van der Waals surface area contributed by atoms with Crippen LogP contribution in [0.25, 0.3) is 0 Å². The molecule has 0 saturated carbocycles. The highest BCUT2D eigenvalue weighted by molar-refractivity contribution is 8.00. The molecular formula is C10H16N2O2S. The number of carbonyl (C=O) groups excluding carboxylic acids is 2. The summed E-state index contributed by atoms with van der Waals surface area (Å²) >= 11 is 1.74. The predicted molar refractivity (Wildman–Crippen MR) is 59.7 cm³/mol. The standard InChI is InChI=1S/C10H16N2O2S/c13-9-4-3-7(6-11-9)12-10(14)8-2-1-5-15-8/h7-8H,1-6H2,(H,11,13)(H,12,14). The molecule has 5 heteroatoms. The fourth-order valence-corrected chi connectivity index (χ4v) is 3.11. The van der Waals surface area contributed by atoms with Crippen molar-refractivity contribution in [3.05, 3.63) is 0 Å². The van der Waals surface area contributed by atoms with E-state index in [4.69, 9.17) is 0 Å². The maximum atomic E-state index is 11.8. The van der Waals surface area contributed by atoms with Crippen molar-refractivity contribution in [3.8, 4) is 0 Å². The van der Waals surface area contributed by atoms with Crippen LogP contribution in [0.5, 0.6) is 0 Å². The molecule has 0 aliphatic carbocycles. The molecule has 0 bridgehead atoms. The first-order chi connectivity index (χ1) is 7.25. The summed E-state index contributed by atoms with van der Waals surface area (Å²) in [4.78, 5) is 22.7. The summed E-state index contributed by atoms with van der Waals surface area (Å²) in [5.74, 6) is 1.34.